The lowest BCUT2D eigenvalue weighted by Gasteiger charge is -2.23. The molecule has 1 aromatic carbocycles. The zero-order chi connectivity index (χ0) is 15.0. The molecule has 1 amide bonds. The summed E-state index contributed by atoms with van der Waals surface area (Å²) in [6.45, 7) is 0.141. The summed E-state index contributed by atoms with van der Waals surface area (Å²) in [5.74, 6) is 0.792. The molecule has 2 heterocycles. The number of amides is 1. The number of ether oxygens (including phenoxy) is 1. The molecule has 0 aliphatic carbocycles. The van der Waals surface area contributed by atoms with Gasteiger partial charge >= 0.3 is 0 Å². The number of nitrogens with zero attached hydrogens (tertiary/aromatic N) is 2. The highest BCUT2D eigenvalue weighted by molar-refractivity contribution is 5.86. The summed E-state index contributed by atoms with van der Waals surface area (Å²) in [6, 6.07) is 8.54. The van der Waals surface area contributed by atoms with Gasteiger partial charge in [0.1, 0.15) is 23.8 Å². The monoisotopic (exact) mass is 289 g/mol. The Morgan fingerprint density at radius 3 is 2.95 bits per heavy atom. The van der Waals surface area contributed by atoms with E-state index in [-0.39, 0.29) is 13.0 Å². The Morgan fingerprint density at radius 1 is 1.43 bits per heavy atom. The minimum atomic E-state index is -1.06. The number of primary amides is 1. The maximum atomic E-state index is 13.6. The SMILES string of the molecule is COc1ccc2nc(N3C[C@H](F)C[C@H]3C(N)=O)ccc2c1. The molecule has 3 rings (SSSR count). The zero-order valence-corrected chi connectivity index (χ0v) is 11.6. The van der Waals surface area contributed by atoms with Crippen LogP contribution in [0.15, 0.2) is 30.3 Å². The van der Waals surface area contributed by atoms with Crippen LogP contribution in [-0.4, -0.2) is 36.8 Å². The van der Waals surface area contributed by atoms with Gasteiger partial charge in [0, 0.05) is 11.8 Å². The quantitative estimate of drug-likeness (QED) is 0.932. The fourth-order valence-electron chi connectivity index (χ4n) is 2.69. The predicted molar refractivity (Wildman–Crippen MR) is 78.1 cm³/mol. The second-order valence-electron chi connectivity index (χ2n) is 5.13. The van der Waals surface area contributed by atoms with Crippen LogP contribution in [-0.2, 0) is 4.79 Å². The number of hydrogen-bond donors (Lipinski definition) is 1. The Morgan fingerprint density at radius 2 is 2.24 bits per heavy atom. The van der Waals surface area contributed by atoms with Crippen LogP contribution in [0.5, 0.6) is 5.75 Å². The van der Waals surface area contributed by atoms with Gasteiger partial charge in [-0.25, -0.2) is 9.37 Å². The molecular weight excluding hydrogens is 273 g/mol. The molecule has 6 heteroatoms. The maximum Gasteiger partial charge on any atom is 0.240 e. The van der Waals surface area contributed by atoms with E-state index in [1.807, 2.05) is 24.3 Å². The summed E-state index contributed by atoms with van der Waals surface area (Å²) in [6.07, 6.45) is -0.937. The minimum Gasteiger partial charge on any atom is -0.497 e. The molecule has 1 aromatic heterocycles. The van der Waals surface area contributed by atoms with Gasteiger partial charge in [0.15, 0.2) is 0 Å². The van der Waals surface area contributed by atoms with E-state index in [4.69, 9.17) is 10.5 Å². The van der Waals surface area contributed by atoms with Crippen molar-refractivity contribution in [3.8, 4) is 5.75 Å². The number of pyridine rings is 1. The Bertz CT molecular complexity index is 692. The molecule has 0 unspecified atom stereocenters. The zero-order valence-electron chi connectivity index (χ0n) is 11.6. The molecule has 0 bridgehead atoms. The van der Waals surface area contributed by atoms with Gasteiger partial charge < -0.3 is 15.4 Å². The van der Waals surface area contributed by atoms with Crippen molar-refractivity contribution < 1.29 is 13.9 Å². The van der Waals surface area contributed by atoms with Crippen LogP contribution in [0.25, 0.3) is 10.9 Å². The van der Waals surface area contributed by atoms with E-state index in [0.717, 1.165) is 16.7 Å². The van der Waals surface area contributed by atoms with Gasteiger partial charge in [0.25, 0.3) is 0 Å². The molecule has 21 heavy (non-hydrogen) atoms. The third-order valence-corrected chi connectivity index (χ3v) is 3.75. The number of methoxy groups -OCH3 is 1. The number of rotatable bonds is 3. The summed E-state index contributed by atoms with van der Waals surface area (Å²) < 4.78 is 18.8. The Labute approximate surface area is 121 Å². The van der Waals surface area contributed by atoms with E-state index in [1.165, 1.54) is 0 Å². The van der Waals surface area contributed by atoms with Gasteiger partial charge in [-0.2, -0.15) is 0 Å². The first kappa shape index (κ1) is 13.6. The Hall–Kier alpha value is -2.37. The van der Waals surface area contributed by atoms with Gasteiger partial charge in [0.05, 0.1) is 19.2 Å². The van der Waals surface area contributed by atoms with Crippen molar-refractivity contribution in [3.05, 3.63) is 30.3 Å². The third kappa shape index (κ3) is 2.49. The molecule has 2 N–H and O–H groups in total. The average Bonchev–Trinajstić information content (AvgIpc) is 2.88. The minimum absolute atomic E-state index is 0.123. The van der Waals surface area contributed by atoms with Crippen LogP contribution < -0.4 is 15.4 Å². The largest absolute Gasteiger partial charge is 0.497 e. The van der Waals surface area contributed by atoms with Crippen molar-refractivity contribution in [2.45, 2.75) is 18.6 Å². The van der Waals surface area contributed by atoms with Crippen molar-refractivity contribution in [1.29, 1.82) is 0 Å². The lowest BCUT2D eigenvalue weighted by molar-refractivity contribution is -0.119. The standard InChI is InChI=1S/C15H16FN3O2/c1-21-11-3-4-12-9(6-11)2-5-14(18-12)19-8-10(16)7-13(19)15(17)20/h2-6,10,13H,7-8H2,1H3,(H2,17,20)/t10-,13+/m1/s1. The number of halogens is 1. The van der Waals surface area contributed by atoms with Crippen LogP contribution in [0.1, 0.15) is 6.42 Å². The second-order valence-corrected chi connectivity index (χ2v) is 5.13. The van der Waals surface area contributed by atoms with Crippen molar-refractivity contribution >= 4 is 22.6 Å². The van der Waals surface area contributed by atoms with E-state index < -0.39 is 18.1 Å². The molecule has 1 aliphatic rings. The summed E-state index contributed by atoms with van der Waals surface area (Å²) in [7, 11) is 1.60. The van der Waals surface area contributed by atoms with Crippen LogP contribution >= 0.6 is 0 Å². The molecule has 110 valence electrons. The summed E-state index contributed by atoms with van der Waals surface area (Å²) in [4.78, 5) is 17.6. The fraction of sp³-hybridized carbons (Fsp3) is 0.333. The van der Waals surface area contributed by atoms with E-state index in [1.54, 1.807) is 18.1 Å². The Balaban J connectivity index is 1.98. The first-order valence-electron chi connectivity index (χ1n) is 6.73. The van der Waals surface area contributed by atoms with Crippen LogP contribution in [0.4, 0.5) is 10.2 Å². The van der Waals surface area contributed by atoms with E-state index in [0.29, 0.717) is 5.82 Å². The van der Waals surface area contributed by atoms with Gasteiger partial charge in [0.2, 0.25) is 5.91 Å². The normalized spacial score (nSPS) is 21.7. The van der Waals surface area contributed by atoms with E-state index >= 15 is 0 Å². The second kappa shape index (κ2) is 5.20. The number of alkyl halides is 1. The van der Waals surface area contributed by atoms with E-state index in [9.17, 15) is 9.18 Å². The van der Waals surface area contributed by atoms with Gasteiger partial charge in [-0.1, -0.05) is 0 Å². The highest BCUT2D eigenvalue weighted by atomic mass is 19.1. The van der Waals surface area contributed by atoms with Gasteiger partial charge in [-0.05, 0) is 30.3 Å². The van der Waals surface area contributed by atoms with Crippen molar-refractivity contribution in [2.75, 3.05) is 18.6 Å². The summed E-state index contributed by atoms with van der Waals surface area (Å²) >= 11 is 0. The lowest BCUT2D eigenvalue weighted by atomic mass is 10.2. The first-order chi connectivity index (χ1) is 10.1. The smallest absolute Gasteiger partial charge is 0.240 e. The molecule has 5 nitrogen and oxygen atoms in total. The number of fused-ring (bicyclic) bond motifs is 1. The maximum absolute atomic E-state index is 13.6. The molecule has 0 saturated carbocycles. The first-order valence-corrected chi connectivity index (χ1v) is 6.73. The van der Waals surface area contributed by atoms with Crippen molar-refractivity contribution in [3.63, 3.8) is 0 Å². The summed E-state index contributed by atoms with van der Waals surface area (Å²) in [5.41, 5.74) is 6.11. The molecule has 2 aromatic rings. The van der Waals surface area contributed by atoms with Crippen molar-refractivity contribution in [2.24, 2.45) is 5.73 Å². The van der Waals surface area contributed by atoms with Crippen LogP contribution in [0.3, 0.4) is 0 Å². The molecule has 1 saturated heterocycles. The summed E-state index contributed by atoms with van der Waals surface area (Å²) in [5, 5.41) is 0.921. The van der Waals surface area contributed by atoms with Crippen molar-refractivity contribution in [1.82, 2.24) is 4.98 Å². The molecule has 0 radical (unpaired) electrons. The third-order valence-electron chi connectivity index (χ3n) is 3.75. The lowest BCUT2D eigenvalue weighted by Crippen LogP contribution is -2.40. The highest BCUT2D eigenvalue weighted by Gasteiger charge is 2.36. The molecule has 1 fully saturated rings. The average molecular weight is 289 g/mol. The topological polar surface area (TPSA) is 68.4 Å². The number of carbonyl (C=O) groups is 1. The molecule has 2 atom stereocenters. The number of anilines is 1. The number of carbonyl (C=O) groups excluding carboxylic acids is 1. The highest BCUT2D eigenvalue weighted by Crippen LogP contribution is 2.28. The van der Waals surface area contributed by atoms with E-state index in [2.05, 4.69) is 4.98 Å². The predicted octanol–water partition coefficient (Wildman–Crippen LogP) is 1.65. The molecular formula is C15H16FN3O2. The Kier molecular flexibility index (Phi) is 3.37. The number of aromatic nitrogens is 1. The van der Waals surface area contributed by atoms with Crippen LogP contribution in [0.2, 0.25) is 0 Å². The fourth-order valence-corrected chi connectivity index (χ4v) is 2.69. The van der Waals surface area contributed by atoms with Gasteiger partial charge in [-0.15, -0.1) is 0 Å². The number of hydrogen-bond acceptors (Lipinski definition) is 4. The molecule has 0 spiro atoms. The molecule has 1 aliphatic heterocycles. The van der Waals surface area contributed by atoms with Gasteiger partial charge in [-0.3, -0.25) is 4.79 Å². The number of benzene rings is 1. The van der Waals surface area contributed by atoms with Crippen LogP contribution in [0, 0.1) is 0 Å². The number of nitrogens with two attached hydrogens (primary N) is 1.